The molecule has 0 aliphatic rings. The topological polar surface area (TPSA) is 68.2 Å². The van der Waals surface area contributed by atoms with Crippen LogP contribution in [-0.2, 0) is 0 Å². The summed E-state index contributed by atoms with van der Waals surface area (Å²) in [6.45, 7) is 3.05. The van der Waals surface area contributed by atoms with Gasteiger partial charge in [-0.1, -0.05) is 19.1 Å². The lowest BCUT2D eigenvalue weighted by Gasteiger charge is -2.06. The summed E-state index contributed by atoms with van der Waals surface area (Å²) >= 11 is 0. The lowest BCUT2D eigenvalue weighted by Crippen LogP contribution is -2.06. The molecule has 2 aromatic heterocycles. The van der Waals surface area contributed by atoms with E-state index in [0.717, 1.165) is 41.2 Å². The summed E-state index contributed by atoms with van der Waals surface area (Å²) in [6, 6.07) is 9.68. The summed E-state index contributed by atoms with van der Waals surface area (Å²) in [6.07, 6.45) is 4.71. The van der Waals surface area contributed by atoms with Crippen LogP contribution in [0.2, 0.25) is 0 Å². The van der Waals surface area contributed by atoms with E-state index < -0.39 is 0 Å². The number of hydrogen-bond acceptors (Lipinski definition) is 4. The fourth-order valence-electron chi connectivity index (χ4n) is 2.14. The Hall–Kier alpha value is -2.56. The first-order chi connectivity index (χ1) is 9.79. The van der Waals surface area contributed by atoms with Crippen molar-refractivity contribution in [3.05, 3.63) is 42.7 Å². The number of nitrogen functional groups attached to an aromatic ring is 1. The van der Waals surface area contributed by atoms with Crippen LogP contribution in [0.3, 0.4) is 0 Å². The predicted molar refractivity (Wildman–Crippen MR) is 81.6 cm³/mol. The molecule has 3 aromatic rings. The Bertz CT molecular complexity index is 715. The van der Waals surface area contributed by atoms with Gasteiger partial charge in [-0.25, -0.2) is 4.98 Å². The molecule has 0 radical (unpaired) electrons. The number of hydrogen-bond donors (Lipinski definition) is 2. The van der Waals surface area contributed by atoms with Crippen molar-refractivity contribution in [2.24, 2.45) is 0 Å². The molecule has 0 spiro atoms. The van der Waals surface area contributed by atoms with E-state index in [1.807, 2.05) is 41.0 Å². The van der Waals surface area contributed by atoms with Gasteiger partial charge in [-0.05, 0) is 30.2 Å². The van der Waals surface area contributed by atoms with Crippen LogP contribution in [0, 0.1) is 0 Å². The highest BCUT2D eigenvalue weighted by atomic mass is 15.3. The standard InChI is InChI=1S/C15H17N5/c1-2-8-17-14-7-9-18-15-13(10-19-20(14)15)11-3-5-12(16)6-4-11/h3-7,9-10,17H,2,8,16H2,1H3. The number of nitrogens with one attached hydrogen (secondary N) is 1. The number of fused-ring (bicyclic) bond motifs is 1. The average Bonchev–Trinajstić information content (AvgIpc) is 2.90. The molecule has 3 rings (SSSR count). The van der Waals surface area contributed by atoms with Crippen molar-refractivity contribution in [3.8, 4) is 11.1 Å². The van der Waals surface area contributed by atoms with Crippen molar-refractivity contribution < 1.29 is 0 Å². The lowest BCUT2D eigenvalue weighted by molar-refractivity contribution is 0.903. The van der Waals surface area contributed by atoms with Gasteiger partial charge in [-0.2, -0.15) is 9.61 Å². The Morgan fingerprint density at radius 3 is 2.75 bits per heavy atom. The quantitative estimate of drug-likeness (QED) is 0.713. The summed E-state index contributed by atoms with van der Waals surface area (Å²) in [7, 11) is 0. The van der Waals surface area contributed by atoms with Gasteiger partial charge in [-0.3, -0.25) is 0 Å². The second kappa shape index (κ2) is 5.21. The van der Waals surface area contributed by atoms with Gasteiger partial charge < -0.3 is 11.1 Å². The minimum atomic E-state index is 0.753. The van der Waals surface area contributed by atoms with Crippen molar-refractivity contribution in [1.82, 2.24) is 14.6 Å². The first-order valence-corrected chi connectivity index (χ1v) is 6.72. The summed E-state index contributed by atoms with van der Waals surface area (Å²) < 4.78 is 1.83. The van der Waals surface area contributed by atoms with Crippen LogP contribution in [0.1, 0.15) is 13.3 Å². The number of rotatable bonds is 4. The molecule has 0 saturated heterocycles. The molecule has 3 N–H and O–H groups in total. The maximum absolute atomic E-state index is 5.73. The normalized spacial score (nSPS) is 10.8. The van der Waals surface area contributed by atoms with E-state index in [1.54, 1.807) is 6.20 Å². The van der Waals surface area contributed by atoms with Crippen LogP contribution in [0.15, 0.2) is 42.7 Å². The summed E-state index contributed by atoms with van der Waals surface area (Å²) in [4.78, 5) is 4.44. The van der Waals surface area contributed by atoms with Gasteiger partial charge in [0.2, 0.25) is 0 Å². The summed E-state index contributed by atoms with van der Waals surface area (Å²) in [5.41, 5.74) is 9.39. The van der Waals surface area contributed by atoms with Crippen molar-refractivity contribution in [3.63, 3.8) is 0 Å². The summed E-state index contributed by atoms with van der Waals surface area (Å²) in [5, 5.41) is 7.78. The van der Waals surface area contributed by atoms with E-state index in [0.29, 0.717) is 0 Å². The van der Waals surface area contributed by atoms with E-state index in [9.17, 15) is 0 Å². The fourth-order valence-corrected chi connectivity index (χ4v) is 2.14. The third-order valence-corrected chi connectivity index (χ3v) is 3.18. The molecule has 0 unspecified atom stereocenters. The van der Waals surface area contributed by atoms with E-state index >= 15 is 0 Å². The van der Waals surface area contributed by atoms with Gasteiger partial charge in [-0.15, -0.1) is 0 Å². The second-order valence-corrected chi connectivity index (χ2v) is 4.67. The highest BCUT2D eigenvalue weighted by molar-refractivity contribution is 5.78. The molecule has 5 heteroatoms. The fraction of sp³-hybridized carbons (Fsp3) is 0.200. The second-order valence-electron chi connectivity index (χ2n) is 4.67. The van der Waals surface area contributed by atoms with E-state index in [-0.39, 0.29) is 0 Å². The van der Waals surface area contributed by atoms with Crippen LogP contribution < -0.4 is 11.1 Å². The zero-order valence-corrected chi connectivity index (χ0v) is 11.4. The van der Waals surface area contributed by atoms with E-state index in [2.05, 4.69) is 22.3 Å². The lowest BCUT2D eigenvalue weighted by atomic mass is 10.1. The molecule has 0 aliphatic carbocycles. The number of anilines is 2. The molecular weight excluding hydrogens is 250 g/mol. The summed E-state index contributed by atoms with van der Waals surface area (Å²) in [5.74, 6) is 0.957. The molecule has 102 valence electrons. The van der Waals surface area contributed by atoms with Gasteiger partial charge in [0.1, 0.15) is 5.82 Å². The average molecular weight is 267 g/mol. The molecule has 0 bridgehead atoms. The first-order valence-electron chi connectivity index (χ1n) is 6.72. The Morgan fingerprint density at radius 1 is 1.20 bits per heavy atom. The van der Waals surface area contributed by atoms with E-state index in [1.165, 1.54) is 0 Å². The molecule has 20 heavy (non-hydrogen) atoms. The number of benzene rings is 1. The third kappa shape index (κ3) is 2.18. The maximum Gasteiger partial charge on any atom is 0.165 e. The molecule has 0 atom stereocenters. The van der Waals surface area contributed by atoms with Gasteiger partial charge in [0.15, 0.2) is 5.65 Å². The van der Waals surface area contributed by atoms with Crippen LogP contribution in [0.25, 0.3) is 16.8 Å². The third-order valence-electron chi connectivity index (χ3n) is 3.18. The molecule has 0 amide bonds. The zero-order valence-electron chi connectivity index (χ0n) is 11.4. The number of aromatic nitrogens is 3. The van der Waals surface area contributed by atoms with Gasteiger partial charge in [0, 0.05) is 24.0 Å². The Labute approximate surface area is 117 Å². The van der Waals surface area contributed by atoms with Crippen molar-refractivity contribution >= 4 is 17.2 Å². The van der Waals surface area contributed by atoms with Crippen LogP contribution in [-0.4, -0.2) is 21.1 Å². The van der Waals surface area contributed by atoms with E-state index in [4.69, 9.17) is 5.73 Å². The Kier molecular flexibility index (Phi) is 3.25. The molecular formula is C15H17N5. The predicted octanol–water partition coefficient (Wildman–Crippen LogP) is 2.80. The van der Waals surface area contributed by atoms with Gasteiger partial charge in [0.25, 0.3) is 0 Å². The van der Waals surface area contributed by atoms with Crippen LogP contribution in [0.4, 0.5) is 11.5 Å². The first kappa shape index (κ1) is 12.5. The van der Waals surface area contributed by atoms with Crippen molar-refractivity contribution in [1.29, 1.82) is 0 Å². The number of nitrogens with zero attached hydrogens (tertiary/aromatic N) is 3. The minimum Gasteiger partial charge on any atom is -0.399 e. The Morgan fingerprint density at radius 2 is 2.00 bits per heavy atom. The molecule has 5 nitrogen and oxygen atoms in total. The molecule has 2 heterocycles. The largest absolute Gasteiger partial charge is 0.399 e. The van der Waals surface area contributed by atoms with Crippen LogP contribution >= 0.6 is 0 Å². The monoisotopic (exact) mass is 267 g/mol. The van der Waals surface area contributed by atoms with Gasteiger partial charge in [0.05, 0.1) is 6.20 Å². The Balaban J connectivity index is 2.07. The SMILES string of the molecule is CCCNc1ccnc2c(-c3ccc(N)cc3)cnn12. The van der Waals surface area contributed by atoms with Crippen LogP contribution in [0.5, 0.6) is 0 Å². The minimum absolute atomic E-state index is 0.753. The zero-order chi connectivity index (χ0) is 13.9. The molecule has 0 fully saturated rings. The molecule has 0 saturated carbocycles. The van der Waals surface area contributed by atoms with Crippen molar-refractivity contribution in [2.45, 2.75) is 13.3 Å². The maximum atomic E-state index is 5.73. The highest BCUT2D eigenvalue weighted by Gasteiger charge is 2.10. The smallest absolute Gasteiger partial charge is 0.165 e. The number of nitrogens with two attached hydrogens (primary N) is 1. The van der Waals surface area contributed by atoms with Crippen molar-refractivity contribution in [2.75, 3.05) is 17.6 Å². The molecule has 0 aliphatic heterocycles. The molecule has 1 aromatic carbocycles. The highest BCUT2D eigenvalue weighted by Crippen LogP contribution is 2.25. The van der Waals surface area contributed by atoms with Gasteiger partial charge >= 0.3 is 0 Å².